The van der Waals surface area contributed by atoms with Gasteiger partial charge in [0.15, 0.2) is 0 Å². The van der Waals surface area contributed by atoms with Crippen LogP contribution < -0.4 is 5.73 Å². The van der Waals surface area contributed by atoms with Gasteiger partial charge < -0.3 is 10.5 Å². The summed E-state index contributed by atoms with van der Waals surface area (Å²) in [5.74, 6) is -0.945. The van der Waals surface area contributed by atoms with E-state index < -0.39 is 5.97 Å². The first kappa shape index (κ1) is 13.4. The molecule has 4 heteroatoms. The van der Waals surface area contributed by atoms with Crippen molar-refractivity contribution < 1.29 is 13.9 Å². The highest BCUT2D eigenvalue weighted by molar-refractivity contribution is 6.00. The zero-order valence-electron chi connectivity index (χ0n) is 11.3. The van der Waals surface area contributed by atoms with Crippen molar-refractivity contribution in [2.24, 2.45) is 5.73 Å². The third-order valence-electron chi connectivity index (χ3n) is 3.60. The summed E-state index contributed by atoms with van der Waals surface area (Å²) < 4.78 is 18.1. The first-order chi connectivity index (χ1) is 10.2. The topological polar surface area (TPSA) is 52.3 Å². The van der Waals surface area contributed by atoms with Gasteiger partial charge in [-0.2, -0.15) is 0 Å². The molecule has 1 aliphatic rings. The summed E-state index contributed by atoms with van der Waals surface area (Å²) in [6.07, 6.45) is 0. The molecule has 0 aromatic heterocycles. The second kappa shape index (κ2) is 5.40. The van der Waals surface area contributed by atoms with Crippen LogP contribution in [0, 0.1) is 5.82 Å². The fraction of sp³-hybridized carbons (Fsp3) is 0.118. The van der Waals surface area contributed by atoms with Crippen LogP contribution >= 0.6 is 0 Å². The molecule has 1 unspecified atom stereocenters. The van der Waals surface area contributed by atoms with Crippen LogP contribution in [0.15, 0.2) is 60.2 Å². The lowest BCUT2D eigenvalue weighted by molar-refractivity contribution is -0.135. The molecule has 2 aromatic rings. The second-order valence-corrected chi connectivity index (χ2v) is 4.90. The Balaban J connectivity index is 2.06. The molecular weight excluding hydrogens is 269 g/mol. The van der Waals surface area contributed by atoms with E-state index >= 15 is 0 Å². The molecule has 3 nitrogen and oxygen atoms in total. The maximum absolute atomic E-state index is 13.0. The number of benzene rings is 2. The predicted octanol–water partition coefficient (Wildman–Crippen LogP) is 2.84. The van der Waals surface area contributed by atoms with Gasteiger partial charge in [-0.25, -0.2) is 9.18 Å². The Hall–Kier alpha value is -2.62. The van der Waals surface area contributed by atoms with Crippen LogP contribution in [0.4, 0.5) is 4.39 Å². The van der Waals surface area contributed by atoms with Gasteiger partial charge in [0.05, 0.1) is 17.2 Å². The molecule has 1 fully saturated rings. The molecule has 1 heterocycles. The molecule has 1 aliphatic heterocycles. The molecule has 1 atom stereocenters. The number of hydrogen-bond donors (Lipinski definition) is 1. The van der Waals surface area contributed by atoms with E-state index in [0.717, 1.165) is 5.56 Å². The Kier molecular flexibility index (Phi) is 3.44. The normalized spacial score (nSPS) is 20.2. The molecule has 0 saturated carbocycles. The van der Waals surface area contributed by atoms with Crippen molar-refractivity contribution in [1.82, 2.24) is 0 Å². The van der Waals surface area contributed by atoms with Crippen LogP contribution in [-0.2, 0) is 9.53 Å². The lowest BCUT2D eigenvalue weighted by Gasteiger charge is -2.12. The van der Waals surface area contributed by atoms with Crippen molar-refractivity contribution in [3.8, 4) is 0 Å². The lowest BCUT2D eigenvalue weighted by Crippen LogP contribution is -2.10. The van der Waals surface area contributed by atoms with E-state index in [9.17, 15) is 9.18 Å². The number of halogens is 1. The van der Waals surface area contributed by atoms with Crippen molar-refractivity contribution in [3.05, 3.63) is 77.1 Å². The fourth-order valence-electron chi connectivity index (χ4n) is 2.49. The van der Waals surface area contributed by atoms with Gasteiger partial charge in [0.1, 0.15) is 12.4 Å². The smallest absolute Gasteiger partial charge is 0.336 e. The van der Waals surface area contributed by atoms with Gasteiger partial charge in [-0.1, -0.05) is 30.3 Å². The summed E-state index contributed by atoms with van der Waals surface area (Å²) in [4.78, 5) is 12.0. The molecule has 106 valence electrons. The summed E-state index contributed by atoms with van der Waals surface area (Å²) in [5, 5.41) is 0. The summed E-state index contributed by atoms with van der Waals surface area (Å²) in [6, 6.07) is 15.4. The molecule has 1 saturated heterocycles. The van der Waals surface area contributed by atoms with E-state index in [2.05, 4.69) is 0 Å². The number of cyclic esters (lactones) is 1. The Morgan fingerprint density at radius 1 is 1.10 bits per heavy atom. The molecule has 0 radical (unpaired) electrons. The van der Waals surface area contributed by atoms with Gasteiger partial charge in [-0.15, -0.1) is 0 Å². The minimum Gasteiger partial charge on any atom is -0.461 e. The quantitative estimate of drug-likeness (QED) is 0.681. The first-order valence-corrected chi connectivity index (χ1v) is 6.64. The van der Waals surface area contributed by atoms with Crippen molar-refractivity contribution in [1.29, 1.82) is 0 Å². The molecular formula is C17H14FNO2. The van der Waals surface area contributed by atoms with Crippen molar-refractivity contribution in [3.63, 3.8) is 0 Å². The van der Waals surface area contributed by atoms with Gasteiger partial charge in [0.25, 0.3) is 0 Å². The summed E-state index contributed by atoms with van der Waals surface area (Å²) in [5.41, 5.74) is 8.49. The number of rotatable bonds is 2. The number of nitrogens with two attached hydrogens (primary N) is 1. The van der Waals surface area contributed by atoms with Crippen molar-refractivity contribution in [2.75, 3.05) is 6.61 Å². The molecule has 3 rings (SSSR count). The molecule has 0 aliphatic carbocycles. The van der Waals surface area contributed by atoms with Crippen LogP contribution in [0.25, 0.3) is 5.70 Å². The number of hydrogen-bond acceptors (Lipinski definition) is 3. The molecule has 2 aromatic carbocycles. The number of ether oxygens (including phenoxy) is 1. The van der Waals surface area contributed by atoms with E-state index in [1.807, 2.05) is 30.3 Å². The predicted molar refractivity (Wildman–Crippen MR) is 77.6 cm³/mol. The second-order valence-electron chi connectivity index (χ2n) is 4.90. The summed E-state index contributed by atoms with van der Waals surface area (Å²) >= 11 is 0. The third-order valence-corrected chi connectivity index (χ3v) is 3.60. The first-order valence-electron chi connectivity index (χ1n) is 6.64. The van der Waals surface area contributed by atoms with Crippen LogP contribution in [0.3, 0.4) is 0 Å². The molecule has 0 spiro atoms. The van der Waals surface area contributed by atoms with Crippen molar-refractivity contribution in [2.45, 2.75) is 5.92 Å². The average molecular weight is 283 g/mol. The maximum Gasteiger partial charge on any atom is 0.336 e. The highest BCUT2D eigenvalue weighted by Gasteiger charge is 2.34. The largest absolute Gasteiger partial charge is 0.461 e. The summed E-state index contributed by atoms with van der Waals surface area (Å²) in [6.45, 7) is 0.278. The molecule has 0 amide bonds. The Bertz CT molecular complexity index is 692. The van der Waals surface area contributed by atoms with E-state index in [1.165, 1.54) is 12.1 Å². The fourth-order valence-corrected chi connectivity index (χ4v) is 2.49. The van der Waals surface area contributed by atoms with E-state index in [1.54, 1.807) is 12.1 Å². The van der Waals surface area contributed by atoms with Gasteiger partial charge in [-0.3, -0.25) is 0 Å². The third kappa shape index (κ3) is 2.52. The zero-order chi connectivity index (χ0) is 14.8. The van der Waals surface area contributed by atoms with Crippen LogP contribution in [-0.4, -0.2) is 12.6 Å². The number of esters is 1. The molecule has 21 heavy (non-hydrogen) atoms. The minimum atomic E-state index is -0.411. The number of carbonyl (C=O) groups excluding carboxylic acids is 1. The van der Waals surface area contributed by atoms with E-state index in [0.29, 0.717) is 16.8 Å². The molecule has 0 bridgehead atoms. The van der Waals surface area contributed by atoms with E-state index in [4.69, 9.17) is 10.5 Å². The van der Waals surface area contributed by atoms with Gasteiger partial charge in [0, 0.05) is 0 Å². The van der Waals surface area contributed by atoms with Crippen LogP contribution in [0.2, 0.25) is 0 Å². The van der Waals surface area contributed by atoms with Crippen LogP contribution in [0.1, 0.15) is 17.0 Å². The Morgan fingerprint density at radius 3 is 2.43 bits per heavy atom. The average Bonchev–Trinajstić information content (AvgIpc) is 2.90. The van der Waals surface area contributed by atoms with Gasteiger partial charge in [-0.05, 0) is 35.4 Å². The number of carbonyl (C=O) groups is 1. The molecule has 2 N–H and O–H groups in total. The lowest BCUT2D eigenvalue weighted by atomic mass is 9.90. The minimum absolute atomic E-state index is 0.191. The SMILES string of the molecule is N/C(=C1\C(=O)OCC1c1ccccc1)c1ccc(F)cc1. The highest BCUT2D eigenvalue weighted by Crippen LogP contribution is 2.34. The summed E-state index contributed by atoms with van der Waals surface area (Å²) in [7, 11) is 0. The highest BCUT2D eigenvalue weighted by atomic mass is 19.1. The van der Waals surface area contributed by atoms with Gasteiger partial charge >= 0.3 is 5.97 Å². The van der Waals surface area contributed by atoms with Crippen LogP contribution in [0.5, 0.6) is 0 Å². The monoisotopic (exact) mass is 283 g/mol. The van der Waals surface area contributed by atoms with Crippen molar-refractivity contribution >= 4 is 11.7 Å². The Labute approximate surface area is 121 Å². The standard InChI is InChI=1S/C17H14FNO2/c18-13-8-6-12(7-9-13)16(19)15-14(10-21-17(15)20)11-4-2-1-3-5-11/h1-9,14H,10,19H2/b16-15-. The van der Waals surface area contributed by atoms with E-state index in [-0.39, 0.29) is 18.3 Å². The Morgan fingerprint density at radius 2 is 1.76 bits per heavy atom. The maximum atomic E-state index is 13.0. The van der Waals surface area contributed by atoms with Gasteiger partial charge in [0.2, 0.25) is 0 Å². The zero-order valence-corrected chi connectivity index (χ0v) is 11.3.